The Morgan fingerprint density at radius 2 is 1.21 bits per heavy atom. The third-order valence-corrected chi connectivity index (χ3v) is 2.34. The van der Waals surface area contributed by atoms with Gasteiger partial charge in [-0.1, -0.05) is 72.9 Å². The van der Waals surface area contributed by atoms with Gasteiger partial charge in [-0.25, -0.2) is 0 Å². The molecule has 19 heavy (non-hydrogen) atoms. The first-order valence-electron chi connectivity index (χ1n) is 5.95. The van der Waals surface area contributed by atoms with Gasteiger partial charge in [-0.05, 0) is 11.1 Å². The molecule has 0 aromatic heterocycles. The van der Waals surface area contributed by atoms with Gasteiger partial charge >= 0.3 is 0 Å². The zero-order valence-electron chi connectivity index (χ0n) is 10.6. The number of hydrogen-bond donors (Lipinski definition) is 3. The molecule has 2 aromatic carbocycles. The number of thiol groups is 1. The third kappa shape index (κ3) is 8.37. The normalized spacial score (nSPS) is 9.32. The van der Waals surface area contributed by atoms with Gasteiger partial charge in [0.2, 0.25) is 0 Å². The largest absolute Gasteiger partial charge is 0.385 e. The van der Waals surface area contributed by atoms with Gasteiger partial charge in [0, 0.05) is 13.1 Å². The van der Waals surface area contributed by atoms with E-state index in [4.69, 9.17) is 5.73 Å². The second-order valence-corrected chi connectivity index (χ2v) is 5.14. The number of nitrogens with one attached hydrogen (secondary N) is 1. The van der Waals surface area contributed by atoms with Crippen LogP contribution in [0.3, 0.4) is 0 Å². The van der Waals surface area contributed by atoms with Gasteiger partial charge in [0.15, 0.2) is 0 Å². The van der Waals surface area contributed by atoms with Crippen molar-refractivity contribution in [2.75, 3.05) is 0 Å². The molecular weight excluding hydrogens is 272 g/mol. The molecule has 0 atom stereocenters. The first kappa shape index (κ1) is 15.7. The minimum atomic E-state index is 0.194. The highest BCUT2D eigenvalue weighted by molar-refractivity contribution is 8.10. The summed E-state index contributed by atoms with van der Waals surface area (Å²) in [6, 6.07) is 20.9. The van der Waals surface area contributed by atoms with Crippen LogP contribution in [0.5, 0.6) is 0 Å². The lowest BCUT2D eigenvalue weighted by Gasteiger charge is -2.04. The van der Waals surface area contributed by atoms with Crippen molar-refractivity contribution in [3.05, 3.63) is 71.8 Å². The Morgan fingerprint density at radius 1 is 0.895 bits per heavy atom. The monoisotopic (exact) mass is 290 g/mol. The molecule has 0 aliphatic heterocycles. The smallest absolute Gasteiger partial charge is 0.128 e. The summed E-state index contributed by atoms with van der Waals surface area (Å²) in [5.74, 6) is 0. The zero-order valence-corrected chi connectivity index (χ0v) is 12.3. The molecule has 4 heteroatoms. The predicted octanol–water partition coefficient (Wildman–Crippen LogP) is 3.14. The van der Waals surface area contributed by atoms with E-state index in [1.54, 1.807) is 0 Å². The molecule has 0 aliphatic carbocycles. The van der Waals surface area contributed by atoms with Gasteiger partial charge in [0.25, 0.3) is 0 Å². The molecule has 100 valence electrons. The Labute approximate surface area is 125 Å². The van der Waals surface area contributed by atoms with Crippen molar-refractivity contribution in [1.29, 1.82) is 0 Å². The molecule has 2 aromatic rings. The van der Waals surface area contributed by atoms with Crippen molar-refractivity contribution in [1.82, 2.24) is 5.32 Å². The maximum Gasteiger partial charge on any atom is 0.128 e. The zero-order chi connectivity index (χ0) is 13.9. The maximum absolute atomic E-state index is 4.71. The molecule has 0 amide bonds. The molecule has 0 spiro atoms. The Balaban J connectivity index is 0.000000399. The van der Waals surface area contributed by atoms with Crippen LogP contribution in [0.25, 0.3) is 0 Å². The highest BCUT2D eigenvalue weighted by atomic mass is 32.1. The molecule has 0 unspecified atom stereocenters. The molecule has 0 aliphatic rings. The molecule has 0 saturated heterocycles. The highest BCUT2D eigenvalue weighted by Gasteiger charge is 1.92. The van der Waals surface area contributed by atoms with Gasteiger partial charge in [-0.2, -0.15) is 0 Å². The van der Waals surface area contributed by atoms with Crippen LogP contribution in [-0.4, -0.2) is 4.32 Å². The molecule has 0 saturated carbocycles. The van der Waals surface area contributed by atoms with E-state index in [-0.39, 0.29) is 4.32 Å². The minimum absolute atomic E-state index is 0.194. The SMILES string of the molecule is NC(=S)S.c1ccc(CNCc2ccccc2)cc1. The maximum atomic E-state index is 4.71. The quantitative estimate of drug-likeness (QED) is 0.598. The molecule has 2 nitrogen and oxygen atoms in total. The number of benzene rings is 2. The summed E-state index contributed by atoms with van der Waals surface area (Å²) in [4.78, 5) is 0. The molecule has 0 heterocycles. The lowest BCUT2D eigenvalue weighted by atomic mass is 10.2. The van der Waals surface area contributed by atoms with Crippen molar-refractivity contribution in [3.63, 3.8) is 0 Å². The molecule has 0 fully saturated rings. The third-order valence-electron chi connectivity index (χ3n) is 2.34. The van der Waals surface area contributed by atoms with Crippen LogP contribution in [0.15, 0.2) is 60.7 Å². The van der Waals surface area contributed by atoms with E-state index < -0.39 is 0 Å². The second-order valence-electron chi connectivity index (χ2n) is 3.91. The van der Waals surface area contributed by atoms with E-state index in [0.717, 1.165) is 13.1 Å². The lowest BCUT2D eigenvalue weighted by molar-refractivity contribution is 0.693. The van der Waals surface area contributed by atoms with Gasteiger partial charge in [0.1, 0.15) is 4.32 Å². The standard InChI is InChI=1S/C14H15N.CH3NS2/c1-3-7-13(8-4-1)11-15-12-14-9-5-2-6-10-14;2-1(3)4/h1-10,15H,11-12H2;(H3,2,3,4). The van der Waals surface area contributed by atoms with E-state index in [2.05, 4.69) is 78.7 Å². The summed E-state index contributed by atoms with van der Waals surface area (Å²) >= 11 is 7.65. The van der Waals surface area contributed by atoms with E-state index >= 15 is 0 Å². The highest BCUT2D eigenvalue weighted by Crippen LogP contribution is 2.00. The van der Waals surface area contributed by atoms with E-state index in [1.807, 2.05) is 12.1 Å². The van der Waals surface area contributed by atoms with Crippen molar-refractivity contribution in [2.45, 2.75) is 13.1 Å². The number of hydrogen-bond acceptors (Lipinski definition) is 2. The number of thiocarbonyl (C=S) groups is 1. The number of nitrogens with two attached hydrogens (primary N) is 1. The van der Waals surface area contributed by atoms with Crippen LogP contribution in [0.1, 0.15) is 11.1 Å². The molecule has 0 bridgehead atoms. The van der Waals surface area contributed by atoms with Gasteiger partial charge in [0.05, 0.1) is 0 Å². The van der Waals surface area contributed by atoms with E-state index in [1.165, 1.54) is 11.1 Å². The Morgan fingerprint density at radius 3 is 1.53 bits per heavy atom. The van der Waals surface area contributed by atoms with Crippen molar-refractivity contribution < 1.29 is 0 Å². The summed E-state index contributed by atoms with van der Waals surface area (Å²) in [6.45, 7) is 1.85. The van der Waals surface area contributed by atoms with Crippen LogP contribution < -0.4 is 11.1 Å². The fourth-order valence-electron chi connectivity index (χ4n) is 1.54. The van der Waals surface area contributed by atoms with Crippen LogP contribution in [-0.2, 0) is 13.1 Å². The Hall–Kier alpha value is -1.36. The van der Waals surface area contributed by atoms with Gasteiger partial charge in [-0.15, -0.1) is 12.6 Å². The average molecular weight is 290 g/mol. The van der Waals surface area contributed by atoms with Crippen molar-refractivity contribution in [2.24, 2.45) is 5.73 Å². The first-order valence-corrected chi connectivity index (χ1v) is 6.81. The molecule has 0 radical (unpaired) electrons. The summed E-state index contributed by atoms with van der Waals surface area (Å²) in [5, 5.41) is 3.42. The van der Waals surface area contributed by atoms with Crippen LogP contribution >= 0.6 is 24.8 Å². The Bertz CT molecular complexity index is 429. The van der Waals surface area contributed by atoms with Crippen molar-refractivity contribution >= 4 is 29.2 Å². The minimum Gasteiger partial charge on any atom is -0.385 e. The van der Waals surface area contributed by atoms with E-state index in [0.29, 0.717) is 0 Å². The van der Waals surface area contributed by atoms with Crippen LogP contribution in [0, 0.1) is 0 Å². The summed E-state index contributed by atoms with van der Waals surface area (Å²) < 4.78 is 0.194. The van der Waals surface area contributed by atoms with Crippen molar-refractivity contribution in [3.8, 4) is 0 Å². The first-order chi connectivity index (χ1) is 9.18. The van der Waals surface area contributed by atoms with Crippen LogP contribution in [0.2, 0.25) is 0 Å². The van der Waals surface area contributed by atoms with E-state index in [9.17, 15) is 0 Å². The fraction of sp³-hybridized carbons (Fsp3) is 0.133. The Kier molecular flexibility index (Phi) is 7.89. The van der Waals surface area contributed by atoms with Crippen LogP contribution in [0.4, 0.5) is 0 Å². The second kappa shape index (κ2) is 9.55. The van der Waals surface area contributed by atoms with Gasteiger partial charge in [-0.3, -0.25) is 0 Å². The number of rotatable bonds is 4. The molecule has 2 rings (SSSR count). The molecule has 3 N–H and O–H groups in total. The van der Waals surface area contributed by atoms with Gasteiger partial charge < -0.3 is 11.1 Å². The topological polar surface area (TPSA) is 38.0 Å². The lowest BCUT2D eigenvalue weighted by Crippen LogP contribution is -2.12. The molecular formula is C15H18N2S2. The predicted molar refractivity (Wildman–Crippen MR) is 89.2 cm³/mol. The summed E-state index contributed by atoms with van der Waals surface area (Å²) in [5.41, 5.74) is 7.36. The average Bonchev–Trinajstić information content (AvgIpc) is 2.41. The summed E-state index contributed by atoms with van der Waals surface area (Å²) in [7, 11) is 0. The summed E-state index contributed by atoms with van der Waals surface area (Å²) in [6.07, 6.45) is 0. The fourth-order valence-corrected chi connectivity index (χ4v) is 1.54.